The van der Waals surface area contributed by atoms with Gasteiger partial charge in [0.2, 0.25) is 0 Å². The van der Waals surface area contributed by atoms with Crippen LogP contribution in [0, 0.1) is 10.1 Å². The monoisotopic (exact) mass is 379 g/mol. The molecule has 0 aliphatic heterocycles. The Labute approximate surface area is 163 Å². The first-order valence-corrected chi connectivity index (χ1v) is 9.21. The van der Waals surface area contributed by atoms with Crippen LogP contribution in [0.2, 0.25) is 0 Å². The fourth-order valence-corrected chi connectivity index (χ4v) is 4.13. The van der Waals surface area contributed by atoms with Gasteiger partial charge in [0.05, 0.1) is 4.92 Å². The van der Waals surface area contributed by atoms with Crippen LogP contribution in [0.4, 0.5) is 5.69 Å². The molecule has 5 nitrogen and oxygen atoms in total. The second-order valence-electron chi connectivity index (χ2n) is 6.97. The molecule has 0 bridgehead atoms. The van der Waals surface area contributed by atoms with E-state index in [-0.39, 0.29) is 10.6 Å². The molecule has 0 radical (unpaired) electrons. The fourth-order valence-electron chi connectivity index (χ4n) is 4.13. The van der Waals surface area contributed by atoms with E-state index in [1.807, 2.05) is 66.7 Å². The van der Waals surface area contributed by atoms with Crippen molar-refractivity contribution in [3.63, 3.8) is 0 Å². The van der Waals surface area contributed by atoms with Gasteiger partial charge < -0.3 is 8.83 Å². The van der Waals surface area contributed by atoms with E-state index < -0.39 is 0 Å². The van der Waals surface area contributed by atoms with E-state index in [0.717, 1.165) is 27.1 Å². The van der Waals surface area contributed by atoms with E-state index in [4.69, 9.17) is 8.83 Å². The first kappa shape index (κ1) is 15.9. The van der Waals surface area contributed by atoms with E-state index in [2.05, 4.69) is 0 Å². The smallest absolute Gasteiger partial charge is 0.281 e. The van der Waals surface area contributed by atoms with Crippen LogP contribution in [0.15, 0.2) is 87.7 Å². The summed E-state index contributed by atoms with van der Waals surface area (Å²) in [5.74, 6) is 0. The van der Waals surface area contributed by atoms with Gasteiger partial charge in [0.15, 0.2) is 0 Å². The van der Waals surface area contributed by atoms with Crippen molar-refractivity contribution >= 4 is 49.6 Å². The number of benzene rings is 4. The molecule has 6 aromatic rings. The van der Waals surface area contributed by atoms with Gasteiger partial charge in [-0.25, -0.2) is 0 Å². The van der Waals surface area contributed by atoms with Crippen molar-refractivity contribution in [2.45, 2.75) is 0 Å². The van der Waals surface area contributed by atoms with Gasteiger partial charge in [0.1, 0.15) is 27.9 Å². The zero-order valence-corrected chi connectivity index (χ0v) is 15.1. The number of furan rings is 2. The Bertz CT molecular complexity index is 1590. The standard InChI is InChI=1S/C24H13NO4/c26-25(27)19-13-12-17-15-7-2-4-11-21(15)29-24(17)22(19)18-9-5-8-16-14-6-1-3-10-20(14)28-23(16)18/h1-13H. The summed E-state index contributed by atoms with van der Waals surface area (Å²) in [7, 11) is 0. The van der Waals surface area contributed by atoms with E-state index in [1.54, 1.807) is 12.1 Å². The summed E-state index contributed by atoms with van der Waals surface area (Å²) in [6.07, 6.45) is 0. The number of fused-ring (bicyclic) bond motifs is 6. The molecule has 0 saturated carbocycles. The summed E-state index contributed by atoms with van der Waals surface area (Å²) in [5, 5.41) is 15.6. The Morgan fingerprint density at radius 2 is 1.21 bits per heavy atom. The number of hydrogen-bond acceptors (Lipinski definition) is 4. The SMILES string of the molecule is O=[N+]([O-])c1ccc2c(oc3ccccc32)c1-c1cccc2c1oc1ccccc12. The maximum atomic E-state index is 11.9. The van der Waals surface area contributed by atoms with Crippen LogP contribution in [0.1, 0.15) is 0 Å². The van der Waals surface area contributed by atoms with Gasteiger partial charge in [-0.15, -0.1) is 0 Å². The van der Waals surface area contributed by atoms with Gasteiger partial charge in [-0.2, -0.15) is 0 Å². The average molecular weight is 379 g/mol. The molecule has 2 heterocycles. The fraction of sp³-hybridized carbons (Fsp3) is 0. The third-order valence-electron chi connectivity index (χ3n) is 5.40. The Morgan fingerprint density at radius 1 is 0.621 bits per heavy atom. The van der Waals surface area contributed by atoms with Gasteiger partial charge in [-0.05, 0) is 18.2 Å². The first-order valence-electron chi connectivity index (χ1n) is 9.21. The highest BCUT2D eigenvalue weighted by atomic mass is 16.6. The molecule has 0 amide bonds. The highest BCUT2D eigenvalue weighted by Crippen LogP contribution is 2.44. The van der Waals surface area contributed by atoms with Gasteiger partial charge in [-0.1, -0.05) is 54.6 Å². The second-order valence-corrected chi connectivity index (χ2v) is 6.97. The normalized spacial score (nSPS) is 11.7. The number of para-hydroxylation sites is 3. The topological polar surface area (TPSA) is 69.4 Å². The molecule has 0 aliphatic carbocycles. The maximum absolute atomic E-state index is 11.9. The van der Waals surface area contributed by atoms with Crippen LogP contribution in [0.25, 0.3) is 55.0 Å². The molecule has 4 aromatic carbocycles. The molecule has 0 saturated heterocycles. The molecule has 2 aromatic heterocycles. The lowest BCUT2D eigenvalue weighted by atomic mass is 9.98. The van der Waals surface area contributed by atoms with Crippen molar-refractivity contribution in [2.75, 3.05) is 0 Å². The Kier molecular flexibility index (Phi) is 3.12. The van der Waals surface area contributed by atoms with Crippen molar-refractivity contribution in [1.29, 1.82) is 0 Å². The summed E-state index contributed by atoms with van der Waals surface area (Å²) in [4.78, 5) is 11.5. The molecule has 0 N–H and O–H groups in total. The molecule has 5 heteroatoms. The molecular formula is C24H13NO4. The van der Waals surface area contributed by atoms with Gasteiger partial charge in [-0.3, -0.25) is 10.1 Å². The highest BCUT2D eigenvalue weighted by Gasteiger charge is 2.25. The summed E-state index contributed by atoms with van der Waals surface area (Å²) in [6.45, 7) is 0. The highest BCUT2D eigenvalue weighted by molar-refractivity contribution is 6.16. The lowest BCUT2D eigenvalue weighted by molar-refractivity contribution is -0.384. The summed E-state index contributed by atoms with van der Waals surface area (Å²) < 4.78 is 12.2. The first-order chi connectivity index (χ1) is 14.2. The van der Waals surface area contributed by atoms with Crippen LogP contribution in [0.5, 0.6) is 0 Å². The van der Waals surface area contributed by atoms with Crippen LogP contribution < -0.4 is 0 Å². The van der Waals surface area contributed by atoms with E-state index in [1.165, 1.54) is 0 Å². The maximum Gasteiger partial charge on any atom is 0.281 e. The summed E-state index contributed by atoms with van der Waals surface area (Å²) in [5.41, 5.74) is 3.63. The number of nitrogens with zero attached hydrogens (tertiary/aromatic N) is 1. The average Bonchev–Trinajstić information content (AvgIpc) is 3.31. The van der Waals surface area contributed by atoms with Gasteiger partial charge in [0, 0.05) is 33.2 Å². The minimum Gasteiger partial charge on any atom is -0.455 e. The van der Waals surface area contributed by atoms with Crippen molar-refractivity contribution in [3.8, 4) is 11.1 Å². The number of rotatable bonds is 2. The molecule has 6 rings (SSSR count). The molecule has 0 spiro atoms. The van der Waals surface area contributed by atoms with Gasteiger partial charge in [0.25, 0.3) is 5.69 Å². The Hall–Kier alpha value is -4.12. The number of nitro groups is 1. The van der Waals surface area contributed by atoms with Crippen molar-refractivity contribution in [3.05, 3.63) is 89.0 Å². The number of nitro benzene ring substituents is 1. The summed E-state index contributed by atoms with van der Waals surface area (Å²) >= 11 is 0. The number of hydrogen-bond donors (Lipinski definition) is 0. The van der Waals surface area contributed by atoms with Crippen LogP contribution in [0.3, 0.4) is 0 Å². The van der Waals surface area contributed by atoms with E-state index in [9.17, 15) is 10.1 Å². The Balaban J connectivity index is 1.81. The largest absolute Gasteiger partial charge is 0.455 e. The third-order valence-corrected chi connectivity index (χ3v) is 5.40. The predicted octanol–water partition coefficient (Wildman–Crippen LogP) is 7.06. The quantitative estimate of drug-likeness (QED) is 0.238. The zero-order valence-electron chi connectivity index (χ0n) is 15.1. The lowest BCUT2D eigenvalue weighted by Gasteiger charge is -2.05. The molecule has 0 atom stereocenters. The Morgan fingerprint density at radius 3 is 1.90 bits per heavy atom. The minimum atomic E-state index is -0.372. The van der Waals surface area contributed by atoms with Gasteiger partial charge >= 0.3 is 0 Å². The van der Waals surface area contributed by atoms with Crippen LogP contribution >= 0.6 is 0 Å². The third kappa shape index (κ3) is 2.15. The molecule has 0 unspecified atom stereocenters. The predicted molar refractivity (Wildman–Crippen MR) is 113 cm³/mol. The second kappa shape index (κ2) is 5.69. The summed E-state index contributed by atoms with van der Waals surface area (Å²) in [6, 6.07) is 24.4. The lowest BCUT2D eigenvalue weighted by Crippen LogP contribution is -1.92. The zero-order chi connectivity index (χ0) is 19.5. The molecule has 29 heavy (non-hydrogen) atoms. The van der Waals surface area contributed by atoms with Crippen molar-refractivity contribution in [2.24, 2.45) is 0 Å². The van der Waals surface area contributed by atoms with Crippen molar-refractivity contribution in [1.82, 2.24) is 0 Å². The van der Waals surface area contributed by atoms with Crippen LogP contribution in [-0.2, 0) is 0 Å². The van der Waals surface area contributed by atoms with Crippen molar-refractivity contribution < 1.29 is 13.8 Å². The molecule has 0 fully saturated rings. The minimum absolute atomic E-state index is 0.00971. The van der Waals surface area contributed by atoms with E-state index in [0.29, 0.717) is 27.9 Å². The van der Waals surface area contributed by atoms with Crippen LogP contribution in [-0.4, -0.2) is 4.92 Å². The molecule has 138 valence electrons. The van der Waals surface area contributed by atoms with E-state index >= 15 is 0 Å². The molecule has 0 aliphatic rings. The molecular weight excluding hydrogens is 366 g/mol.